The van der Waals surface area contributed by atoms with Crippen molar-refractivity contribution in [2.45, 2.75) is 12.8 Å². The highest BCUT2D eigenvalue weighted by Crippen LogP contribution is 2.18. The van der Waals surface area contributed by atoms with Crippen LogP contribution in [0, 0.1) is 0 Å². The molecule has 0 aliphatic rings. The Morgan fingerprint density at radius 1 is 1.31 bits per heavy atom. The number of amides is 1. The fraction of sp³-hybridized carbons (Fsp3) is 0.182. The first-order chi connectivity index (χ1) is 7.54. The zero-order valence-corrected chi connectivity index (χ0v) is 8.67. The van der Waals surface area contributed by atoms with Crippen molar-refractivity contribution in [1.82, 2.24) is 0 Å². The summed E-state index contributed by atoms with van der Waals surface area (Å²) in [6, 6.07) is 6.02. The summed E-state index contributed by atoms with van der Waals surface area (Å²) < 4.78 is 4.80. The predicted octanol–water partition coefficient (Wildman–Crippen LogP) is 0.380. The first-order valence-corrected chi connectivity index (χ1v) is 4.57. The molecule has 1 atom stereocenters. The highest BCUT2D eigenvalue weighted by atomic mass is 16.5. The smallest absolute Gasteiger partial charge is 0.308 e. The molecule has 0 aliphatic carbocycles. The minimum absolute atomic E-state index is 0.352. The van der Waals surface area contributed by atoms with Crippen LogP contribution in [-0.2, 0) is 14.4 Å². The van der Waals surface area contributed by atoms with Gasteiger partial charge in [0.05, 0.1) is 0 Å². The highest BCUT2D eigenvalue weighted by Gasteiger charge is 2.16. The van der Waals surface area contributed by atoms with Gasteiger partial charge in [-0.3, -0.25) is 9.59 Å². The third kappa shape index (κ3) is 2.91. The van der Waals surface area contributed by atoms with E-state index < -0.39 is 17.8 Å². The van der Waals surface area contributed by atoms with Crippen molar-refractivity contribution in [3.8, 4) is 5.75 Å². The number of carbonyl (C=O) groups is 3. The second-order valence-corrected chi connectivity index (χ2v) is 3.18. The second-order valence-electron chi connectivity index (χ2n) is 3.18. The van der Waals surface area contributed by atoms with Gasteiger partial charge in [0.15, 0.2) is 0 Å². The number of aldehydes is 1. The third-order valence-corrected chi connectivity index (χ3v) is 1.94. The van der Waals surface area contributed by atoms with Gasteiger partial charge in [-0.2, -0.15) is 0 Å². The lowest BCUT2D eigenvalue weighted by Gasteiger charge is -2.07. The number of carbonyl (C=O) groups excluding carboxylic acids is 3. The van der Waals surface area contributed by atoms with Crippen LogP contribution in [0.15, 0.2) is 24.3 Å². The number of rotatable bonds is 4. The fourth-order valence-electron chi connectivity index (χ4n) is 1.22. The number of benzene rings is 1. The van der Waals surface area contributed by atoms with E-state index in [9.17, 15) is 14.4 Å². The van der Waals surface area contributed by atoms with Crippen LogP contribution < -0.4 is 10.5 Å². The number of nitrogens with two attached hydrogens (primary N) is 1. The van der Waals surface area contributed by atoms with Gasteiger partial charge in [0.2, 0.25) is 5.91 Å². The molecule has 0 heterocycles. The van der Waals surface area contributed by atoms with E-state index in [2.05, 4.69) is 0 Å². The molecule has 16 heavy (non-hydrogen) atoms. The van der Waals surface area contributed by atoms with Crippen molar-refractivity contribution in [3.05, 3.63) is 29.8 Å². The van der Waals surface area contributed by atoms with Crippen LogP contribution in [0.5, 0.6) is 5.75 Å². The van der Waals surface area contributed by atoms with Crippen LogP contribution in [0.4, 0.5) is 0 Å². The van der Waals surface area contributed by atoms with E-state index in [1.54, 1.807) is 0 Å². The molecule has 5 nitrogen and oxygen atoms in total. The van der Waals surface area contributed by atoms with Gasteiger partial charge >= 0.3 is 5.97 Å². The molecule has 2 N–H and O–H groups in total. The van der Waals surface area contributed by atoms with E-state index in [1.807, 2.05) is 0 Å². The zero-order valence-electron chi connectivity index (χ0n) is 8.67. The summed E-state index contributed by atoms with van der Waals surface area (Å²) in [5.41, 5.74) is 5.51. The van der Waals surface area contributed by atoms with Crippen molar-refractivity contribution < 1.29 is 19.1 Å². The number of esters is 1. The van der Waals surface area contributed by atoms with Gasteiger partial charge in [-0.1, -0.05) is 12.1 Å². The SMILES string of the molecule is CC(=O)Oc1ccc(C(C=O)C(N)=O)cc1. The molecule has 1 unspecified atom stereocenters. The number of hydrogen-bond acceptors (Lipinski definition) is 4. The molecule has 0 saturated carbocycles. The Morgan fingerprint density at radius 2 is 1.88 bits per heavy atom. The maximum atomic E-state index is 10.9. The van der Waals surface area contributed by atoms with Gasteiger partial charge in [0.25, 0.3) is 0 Å². The maximum absolute atomic E-state index is 10.9. The van der Waals surface area contributed by atoms with Crippen molar-refractivity contribution in [1.29, 1.82) is 0 Å². The van der Waals surface area contributed by atoms with Gasteiger partial charge in [-0.15, -0.1) is 0 Å². The van der Waals surface area contributed by atoms with Crippen LogP contribution in [0.25, 0.3) is 0 Å². The molecule has 0 radical (unpaired) electrons. The number of hydrogen-bond donors (Lipinski definition) is 1. The Labute approximate surface area is 92.2 Å². The average Bonchev–Trinajstić information content (AvgIpc) is 2.20. The average molecular weight is 221 g/mol. The highest BCUT2D eigenvalue weighted by molar-refractivity contribution is 5.96. The molecule has 1 rings (SSSR count). The summed E-state index contributed by atoms with van der Waals surface area (Å²) in [5, 5.41) is 0. The Bertz CT molecular complexity index is 410. The summed E-state index contributed by atoms with van der Waals surface area (Å²) in [7, 11) is 0. The molecule has 0 bridgehead atoms. The summed E-state index contributed by atoms with van der Waals surface area (Å²) >= 11 is 0. The van der Waals surface area contributed by atoms with Crippen LogP contribution >= 0.6 is 0 Å². The van der Waals surface area contributed by atoms with E-state index in [-0.39, 0.29) is 0 Å². The molecular weight excluding hydrogens is 210 g/mol. The molecule has 84 valence electrons. The molecule has 0 spiro atoms. The van der Waals surface area contributed by atoms with E-state index in [1.165, 1.54) is 31.2 Å². The van der Waals surface area contributed by atoms with Crippen LogP contribution in [0.1, 0.15) is 18.4 Å². The molecule has 1 aromatic rings. The zero-order chi connectivity index (χ0) is 12.1. The Balaban J connectivity index is 2.89. The Morgan fingerprint density at radius 3 is 2.25 bits per heavy atom. The van der Waals surface area contributed by atoms with Crippen LogP contribution in [-0.4, -0.2) is 18.2 Å². The van der Waals surface area contributed by atoms with Gasteiger partial charge in [0, 0.05) is 6.92 Å². The van der Waals surface area contributed by atoms with E-state index in [0.717, 1.165) is 0 Å². The monoisotopic (exact) mass is 221 g/mol. The Kier molecular flexibility index (Phi) is 3.77. The van der Waals surface area contributed by atoms with Gasteiger partial charge < -0.3 is 15.3 Å². The number of primary amides is 1. The van der Waals surface area contributed by atoms with Crippen molar-refractivity contribution in [2.75, 3.05) is 0 Å². The maximum Gasteiger partial charge on any atom is 0.308 e. The standard InChI is InChI=1S/C11H11NO4/c1-7(14)16-9-4-2-8(3-5-9)10(6-13)11(12)15/h2-6,10H,1H3,(H2,12,15). The first kappa shape index (κ1) is 11.9. The molecule has 1 amide bonds. The number of ether oxygens (including phenoxy) is 1. The fourth-order valence-corrected chi connectivity index (χ4v) is 1.22. The van der Waals surface area contributed by atoms with Crippen molar-refractivity contribution in [2.24, 2.45) is 5.73 Å². The summed E-state index contributed by atoms with van der Waals surface area (Å²) in [5.74, 6) is -1.76. The lowest BCUT2D eigenvalue weighted by Crippen LogP contribution is -2.22. The van der Waals surface area contributed by atoms with E-state index >= 15 is 0 Å². The quantitative estimate of drug-likeness (QED) is 0.344. The Hall–Kier alpha value is -2.17. The van der Waals surface area contributed by atoms with E-state index in [0.29, 0.717) is 17.6 Å². The van der Waals surface area contributed by atoms with Crippen molar-refractivity contribution in [3.63, 3.8) is 0 Å². The molecule has 0 saturated heterocycles. The normalized spacial score (nSPS) is 11.6. The topological polar surface area (TPSA) is 86.5 Å². The first-order valence-electron chi connectivity index (χ1n) is 4.57. The summed E-state index contributed by atoms with van der Waals surface area (Å²) in [4.78, 5) is 32.2. The molecule has 5 heteroatoms. The van der Waals surface area contributed by atoms with Gasteiger partial charge in [-0.25, -0.2) is 0 Å². The molecule has 0 aromatic heterocycles. The summed E-state index contributed by atoms with van der Waals surface area (Å²) in [6.45, 7) is 1.28. The van der Waals surface area contributed by atoms with Gasteiger partial charge in [-0.05, 0) is 17.7 Å². The minimum Gasteiger partial charge on any atom is -0.427 e. The van der Waals surface area contributed by atoms with Gasteiger partial charge in [0.1, 0.15) is 18.0 Å². The molecule has 0 aliphatic heterocycles. The lowest BCUT2D eigenvalue weighted by atomic mass is 10.0. The summed E-state index contributed by atoms with van der Waals surface area (Å²) in [6.07, 6.45) is 0.475. The molecule has 0 fully saturated rings. The van der Waals surface area contributed by atoms with E-state index in [4.69, 9.17) is 10.5 Å². The predicted molar refractivity (Wildman–Crippen MR) is 55.8 cm³/mol. The molecule has 1 aromatic carbocycles. The second kappa shape index (κ2) is 5.06. The van der Waals surface area contributed by atoms with Crippen LogP contribution in [0.2, 0.25) is 0 Å². The lowest BCUT2D eigenvalue weighted by molar-refractivity contribution is -0.132. The minimum atomic E-state index is -0.966. The third-order valence-electron chi connectivity index (χ3n) is 1.94. The largest absolute Gasteiger partial charge is 0.427 e. The molecular formula is C11H11NO4. The van der Waals surface area contributed by atoms with Crippen LogP contribution in [0.3, 0.4) is 0 Å². The van der Waals surface area contributed by atoms with Crippen molar-refractivity contribution >= 4 is 18.2 Å².